The van der Waals surface area contributed by atoms with Crippen molar-refractivity contribution in [1.82, 2.24) is 0 Å². The number of phosphoric ester groups is 1. The van der Waals surface area contributed by atoms with Gasteiger partial charge in [-0.2, -0.15) is 0 Å². The van der Waals surface area contributed by atoms with Crippen LogP contribution < -0.4 is 0 Å². The van der Waals surface area contributed by atoms with Crippen LogP contribution >= 0.6 is 7.82 Å². The highest BCUT2D eigenvalue weighted by Crippen LogP contribution is 2.43. The SMILES string of the molecule is CCCCC/C=C\CC1OC1C/C=C\C/C=C\CCCC(=O)O[C@H](COC(=O)CCCCCCC/C=C\CCCCCC)COP(=O)(O)OC[C@@H](O)CO. The smallest absolute Gasteiger partial charge is 0.462 e. The summed E-state index contributed by atoms with van der Waals surface area (Å²) in [6.45, 7) is 2.23. The van der Waals surface area contributed by atoms with Gasteiger partial charge in [0.05, 0.1) is 32.0 Å². The van der Waals surface area contributed by atoms with E-state index in [0.29, 0.717) is 31.5 Å². The van der Waals surface area contributed by atoms with E-state index in [1.807, 2.05) is 12.2 Å². The van der Waals surface area contributed by atoms with Crippen LogP contribution in [0.2, 0.25) is 0 Å². The zero-order valence-electron chi connectivity index (χ0n) is 33.4. The number of phosphoric acid groups is 1. The lowest BCUT2D eigenvalue weighted by molar-refractivity contribution is -0.161. The predicted octanol–water partition coefficient (Wildman–Crippen LogP) is 9.54. The Hall–Kier alpha value is -2.11. The van der Waals surface area contributed by atoms with Gasteiger partial charge in [0.1, 0.15) is 12.7 Å². The number of carbonyl (C=O) groups excluding carboxylic acids is 2. The molecule has 1 fully saturated rings. The van der Waals surface area contributed by atoms with Gasteiger partial charge in [0, 0.05) is 12.8 Å². The van der Waals surface area contributed by atoms with Crippen molar-refractivity contribution >= 4 is 19.8 Å². The first-order valence-corrected chi connectivity index (χ1v) is 22.2. The van der Waals surface area contributed by atoms with E-state index in [1.165, 1.54) is 44.9 Å². The van der Waals surface area contributed by atoms with Crippen LogP contribution in [0.5, 0.6) is 0 Å². The first kappa shape index (κ1) is 49.9. The summed E-state index contributed by atoms with van der Waals surface area (Å²) in [4.78, 5) is 34.9. The molecular weight excluding hydrogens is 711 g/mol. The highest BCUT2D eigenvalue weighted by Gasteiger charge is 2.36. The maximum absolute atomic E-state index is 12.6. The summed E-state index contributed by atoms with van der Waals surface area (Å²) in [5, 5.41) is 18.3. The molecular formula is C42H73O11P. The molecule has 3 unspecified atom stereocenters. The fourth-order valence-electron chi connectivity index (χ4n) is 5.49. The number of allylic oxidation sites excluding steroid dienone is 6. The second kappa shape index (κ2) is 34.2. The molecule has 1 saturated heterocycles. The molecule has 1 aliphatic rings. The van der Waals surface area contributed by atoms with Crippen LogP contribution in [0, 0.1) is 0 Å². The van der Waals surface area contributed by atoms with Crippen LogP contribution in [0.4, 0.5) is 0 Å². The number of hydrogen-bond donors (Lipinski definition) is 3. The predicted molar refractivity (Wildman–Crippen MR) is 214 cm³/mol. The number of epoxide rings is 1. The average Bonchev–Trinajstić information content (AvgIpc) is 3.92. The summed E-state index contributed by atoms with van der Waals surface area (Å²) in [5.74, 6) is -1.01. The van der Waals surface area contributed by atoms with Gasteiger partial charge in [-0.25, -0.2) is 4.57 Å². The molecule has 5 atom stereocenters. The number of aliphatic hydroxyl groups is 2. The molecule has 0 amide bonds. The Morgan fingerprint density at radius 3 is 1.83 bits per heavy atom. The number of carbonyl (C=O) groups is 2. The molecule has 0 radical (unpaired) electrons. The lowest BCUT2D eigenvalue weighted by Gasteiger charge is -2.20. The second-order valence-electron chi connectivity index (χ2n) is 14.0. The Morgan fingerprint density at radius 1 is 0.648 bits per heavy atom. The fourth-order valence-corrected chi connectivity index (χ4v) is 6.28. The Balaban J connectivity index is 2.32. The highest BCUT2D eigenvalue weighted by molar-refractivity contribution is 7.47. The highest BCUT2D eigenvalue weighted by atomic mass is 31.2. The summed E-state index contributed by atoms with van der Waals surface area (Å²) >= 11 is 0. The lowest BCUT2D eigenvalue weighted by atomic mass is 10.1. The summed E-state index contributed by atoms with van der Waals surface area (Å²) in [5.41, 5.74) is 0. The van der Waals surface area contributed by atoms with E-state index < -0.39 is 51.8 Å². The molecule has 0 aromatic heterocycles. The minimum Gasteiger partial charge on any atom is -0.462 e. The summed E-state index contributed by atoms with van der Waals surface area (Å²) in [7, 11) is -4.64. The lowest BCUT2D eigenvalue weighted by Crippen LogP contribution is -2.29. The third-order valence-corrected chi connectivity index (χ3v) is 9.81. The van der Waals surface area contributed by atoms with Gasteiger partial charge in [-0.1, -0.05) is 114 Å². The van der Waals surface area contributed by atoms with Crippen molar-refractivity contribution < 1.29 is 52.5 Å². The standard InChI is InChI=1S/C42H73O11P/c1-3-5-7-9-11-12-13-14-15-16-19-23-27-31-41(45)49-35-38(36-51-54(47,48)50-34-37(44)33-43)52-42(46)32-28-24-20-17-18-22-26-30-40-39(53-40)29-25-21-10-8-6-4-2/h12-13,17,20-22,25-26,37-40,43-44H,3-11,14-16,18-19,23-24,27-36H2,1-2H3,(H,47,48)/b13-12-,20-17-,25-21-,26-22-/t37-,38+,39?,40?/m0/s1. The number of esters is 2. The Morgan fingerprint density at radius 2 is 1.15 bits per heavy atom. The Labute approximate surface area is 326 Å². The van der Waals surface area contributed by atoms with Crippen molar-refractivity contribution in [3.8, 4) is 0 Å². The zero-order valence-corrected chi connectivity index (χ0v) is 34.3. The normalized spacial score (nSPS) is 18.2. The average molecular weight is 785 g/mol. The summed E-state index contributed by atoms with van der Waals surface area (Å²) in [6, 6.07) is 0. The van der Waals surface area contributed by atoms with Crippen LogP contribution in [0.1, 0.15) is 155 Å². The minimum absolute atomic E-state index is 0.100. The first-order chi connectivity index (χ1) is 26.2. The van der Waals surface area contributed by atoms with Crippen molar-refractivity contribution in [3.05, 3.63) is 48.6 Å². The number of ether oxygens (including phenoxy) is 3. The second-order valence-corrected chi connectivity index (χ2v) is 15.5. The van der Waals surface area contributed by atoms with Gasteiger partial charge in [0.25, 0.3) is 0 Å². The molecule has 1 aliphatic heterocycles. The van der Waals surface area contributed by atoms with E-state index in [1.54, 1.807) is 0 Å². The van der Waals surface area contributed by atoms with E-state index >= 15 is 0 Å². The van der Waals surface area contributed by atoms with Crippen molar-refractivity contribution in [1.29, 1.82) is 0 Å². The monoisotopic (exact) mass is 784 g/mol. The maximum atomic E-state index is 12.6. The largest absolute Gasteiger partial charge is 0.472 e. The quantitative estimate of drug-likeness (QED) is 0.0181. The third-order valence-electron chi connectivity index (χ3n) is 8.86. The Bertz CT molecular complexity index is 1110. The van der Waals surface area contributed by atoms with Crippen molar-refractivity contribution in [2.24, 2.45) is 0 Å². The molecule has 12 heteroatoms. The number of hydrogen-bond acceptors (Lipinski definition) is 10. The van der Waals surface area contributed by atoms with Gasteiger partial charge in [-0.15, -0.1) is 0 Å². The molecule has 1 heterocycles. The first-order valence-electron chi connectivity index (χ1n) is 20.7. The molecule has 0 saturated carbocycles. The minimum atomic E-state index is -4.64. The molecule has 1 rings (SSSR count). The molecule has 0 aliphatic carbocycles. The van der Waals surface area contributed by atoms with Crippen LogP contribution in [-0.2, 0) is 37.4 Å². The van der Waals surface area contributed by atoms with Crippen LogP contribution in [0.25, 0.3) is 0 Å². The van der Waals surface area contributed by atoms with Gasteiger partial charge in [-0.3, -0.25) is 18.6 Å². The van der Waals surface area contributed by atoms with Gasteiger partial charge < -0.3 is 29.3 Å². The summed E-state index contributed by atoms with van der Waals surface area (Å²) < 4.78 is 38.3. The molecule has 3 N–H and O–H groups in total. The van der Waals surface area contributed by atoms with Crippen molar-refractivity contribution in [2.45, 2.75) is 180 Å². The topological polar surface area (TPSA) is 161 Å². The maximum Gasteiger partial charge on any atom is 0.472 e. The zero-order chi connectivity index (χ0) is 39.5. The van der Waals surface area contributed by atoms with E-state index in [9.17, 15) is 24.2 Å². The van der Waals surface area contributed by atoms with Crippen molar-refractivity contribution in [2.75, 3.05) is 26.4 Å². The van der Waals surface area contributed by atoms with Crippen LogP contribution in [0.3, 0.4) is 0 Å². The van der Waals surface area contributed by atoms with Gasteiger partial charge in [0.15, 0.2) is 6.10 Å². The molecule has 11 nitrogen and oxygen atoms in total. The van der Waals surface area contributed by atoms with Gasteiger partial charge in [0.2, 0.25) is 0 Å². The van der Waals surface area contributed by atoms with E-state index in [-0.39, 0.29) is 19.4 Å². The van der Waals surface area contributed by atoms with Gasteiger partial charge in [-0.05, 0) is 77.0 Å². The molecule has 0 aromatic carbocycles. The number of aliphatic hydroxyl groups excluding tert-OH is 2. The fraction of sp³-hybridized carbons (Fsp3) is 0.762. The van der Waals surface area contributed by atoms with E-state index in [4.69, 9.17) is 23.8 Å². The van der Waals surface area contributed by atoms with E-state index in [2.05, 4.69) is 54.8 Å². The number of rotatable bonds is 37. The van der Waals surface area contributed by atoms with E-state index in [0.717, 1.165) is 64.2 Å². The molecule has 0 aromatic rings. The third kappa shape index (κ3) is 31.1. The Kier molecular flexibility index (Phi) is 31.6. The molecule has 0 spiro atoms. The van der Waals surface area contributed by atoms with Crippen LogP contribution in [-0.4, -0.2) is 77.9 Å². The summed E-state index contributed by atoms with van der Waals surface area (Å²) in [6.07, 6.45) is 36.8. The van der Waals surface area contributed by atoms with Gasteiger partial charge >= 0.3 is 19.8 Å². The number of unbranched alkanes of at least 4 members (excludes halogenated alkanes) is 13. The molecule has 0 bridgehead atoms. The molecule has 54 heavy (non-hydrogen) atoms. The van der Waals surface area contributed by atoms with Crippen LogP contribution in [0.15, 0.2) is 48.6 Å². The molecule has 312 valence electrons. The van der Waals surface area contributed by atoms with Crippen molar-refractivity contribution in [3.63, 3.8) is 0 Å².